The fraction of sp³-hybridized carbons (Fsp3) is 0.500. The van der Waals surface area contributed by atoms with Crippen LogP contribution in [0.15, 0.2) is 12.4 Å². The first-order valence-corrected chi connectivity index (χ1v) is 2.94. The molecule has 0 saturated heterocycles. The van der Waals surface area contributed by atoms with E-state index in [1.807, 2.05) is 42.7 Å². The summed E-state index contributed by atoms with van der Waals surface area (Å²) in [6, 6.07) is 0. The lowest BCUT2D eigenvalue weighted by atomic mass is 10.9. The second-order valence-corrected chi connectivity index (χ2v) is 2.09. The molecule has 1 aromatic rings. The Morgan fingerprint density at radius 1 is 1.67 bits per heavy atom. The van der Waals surface area contributed by atoms with Crippen LogP contribution in [0.4, 0.5) is 5.95 Å². The number of hydrogen-bond acceptors (Lipinski definition) is 1. The molecule has 0 saturated carbocycles. The standard InChI is InChI=1S/C6H11N3/c1-7-6-8(2)4-5-9(6)3/h4-5H,1-3H3/p+1. The molecule has 3 heteroatoms. The molecule has 9 heavy (non-hydrogen) atoms. The number of nitrogens with zero attached hydrogens (tertiary/aromatic N) is 2. The number of anilines is 1. The van der Waals surface area contributed by atoms with E-state index in [2.05, 4.69) is 5.32 Å². The van der Waals surface area contributed by atoms with Crippen LogP contribution in [-0.2, 0) is 14.1 Å². The van der Waals surface area contributed by atoms with Crippen LogP contribution in [0.2, 0.25) is 0 Å². The fourth-order valence-corrected chi connectivity index (χ4v) is 0.943. The molecule has 3 nitrogen and oxygen atoms in total. The third-order valence-corrected chi connectivity index (χ3v) is 1.41. The molecule has 50 valence electrons. The lowest BCUT2D eigenvalue weighted by molar-refractivity contribution is -0.656. The molecule has 0 atom stereocenters. The molecular weight excluding hydrogens is 114 g/mol. The molecule has 0 unspecified atom stereocenters. The van der Waals surface area contributed by atoms with Crippen LogP contribution in [0.25, 0.3) is 0 Å². The molecule has 0 amide bonds. The summed E-state index contributed by atoms with van der Waals surface area (Å²) in [6.45, 7) is 0. The summed E-state index contributed by atoms with van der Waals surface area (Å²) in [6.07, 6.45) is 4.01. The minimum Gasteiger partial charge on any atom is -0.280 e. The average molecular weight is 126 g/mol. The SMILES string of the molecule is CNc1n(C)cc[n+]1C. The van der Waals surface area contributed by atoms with Crippen molar-refractivity contribution in [3.05, 3.63) is 12.4 Å². The van der Waals surface area contributed by atoms with Crippen LogP contribution in [0.5, 0.6) is 0 Å². The van der Waals surface area contributed by atoms with Gasteiger partial charge in [-0.05, 0) is 0 Å². The highest BCUT2D eigenvalue weighted by molar-refractivity contribution is 5.15. The quantitative estimate of drug-likeness (QED) is 0.521. The van der Waals surface area contributed by atoms with Gasteiger partial charge in [-0.25, -0.2) is 9.13 Å². The lowest BCUT2D eigenvalue weighted by Gasteiger charge is -1.92. The van der Waals surface area contributed by atoms with E-state index in [4.69, 9.17) is 0 Å². The maximum atomic E-state index is 3.07. The molecule has 1 N–H and O–H groups in total. The topological polar surface area (TPSA) is 20.8 Å². The van der Waals surface area contributed by atoms with Gasteiger partial charge in [0.2, 0.25) is 0 Å². The summed E-state index contributed by atoms with van der Waals surface area (Å²) in [4.78, 5) is 0. The van der Waals surface area contributed by atoms with E-state index in [-0.39, 0.29) is 0 Å². The number of aromatic nitrogens is 2. The van der Waals surface area contributed by atoms with Gasteiger partial charge in [-0.3, -0.25) is 5.32 Å². The van der Waals surface area contributed by atoms with Gasteiger partial charge in [0.05, 0.1) is 33.5 Å². The molecule has 1 rings (SSSR count). The van der Waals surface area contributed by atoms with E-state index < -0.39 is 0 Å². The zero-order chi connectivity index (χ0) is 6.85. The van der Waals surface area contributed by atoms with Crippen LogP contribution in [0, 0.1) is 0 Å². The predicted octanol–water partition coefficient (Wildman–Crippen LogP) is -0.109. The summed E-state index contributed by atoms with van der Waals surface area (Å²) in [5.41, 5.74) is 0. The lowest BCUT2D eigenvalue weighted by Crippen LogP contribution is -2.29. The van der Waals surface area contributed by atoms with E-state index in [1.165, 1.54) is 0 Å². The molecule has 0 spiro atoms. The Kier molecular flexibility index (Phi) is 1.42. The van der Waals surface area contributed by atoms with Crippen molar-refractivity contribution in [2.75, 3.05) is 12.4 Å². The average Bonchev–Trinajstić information content (AvgIpc) is 2.12. The molecule has 1 aromatic heterocycles. The van der Waals surface area contributed by atoms with E-state index in [0.29, 0.717) is 0 Å². The normalized spacial score (nSPS) is 9.67. The van der Waals surface area contributed by atoms with Gasteiger partial charge in [-0.15, -0.1) is 0 Å². The van der Waals surface area contributed by atoms with E-state index >= 15 is 0 Å². The summed E-state index contributed by atoms with van der Waals surface area (Å²) in [5.74, 6) is 1.11. The van der Waals surface area contributed by atoms with E-state index in [9.17, 15) is 0 Å². The molecule has 0 radical (unpaired) electrons. The van der Waals surface area contributed by atoms with Crippen molar-refractivity contribution in [3.63, 3.8) is 0 Å². The van der Waals surface area contributed by atoms with E-state index in [0.717, 1.165) is 5.95 Å². The molecule has 0 aliphatic carbocycles. The Morgan fingerprint density at radius 3 is 2.56 bits per heavy atom. The number of nitrogens with one attached hydrogen (secondary N) is 1. The zero-order valence-corrected chi connectivity index (χ0v) is 6.05. The fourth-order valence-electron chi connectivity index (χ4n) is 0.943. The Bertz CT molecular complexity index is 183. The smallest absolute Gasteiger partial charge is 0.280 e. The monoisotopic (exact) mass is 126 g/mol. The van der Waals surface area contributed by atoms with Crippen molar-refractivity contribution in [2.24, 2.45) is 14.1 Å². The summed E-state index contributed by atoms with van der Waals surface area (Å²) in [5, 5.41) is 3.07. The second kappa shape index (κ2) is 2.09. The highest BCUT2D eigenvalue weighted by Gasteiger charge is 2.04. The maximum absolute atomic E-state index is 3.07. The first kappa shape index (κ1) is 6.13. The predicted molar refractivity (Wildman–Crippen MR) is 36.1 cm³/mol. The Hall–Kier alpha value is -0.990. The minimum atomic E-state index is 1.11. The highest BCUT2D eigenvalue weighted by atomic mass is 15.2. The van der Waals surface area contributed by atoms with Gasteiger partial charge in [0.25, 0.3) is 0 Å². The van der Waals surface area contributed by atoms with Gasteiger partial charge in [0.1, 0.15) is 0 Å². The van der Waals surface area contributed by atoms with Crippen molar-refractivity contribution in [2.45, 2.75) is 0 Å². The van der Waals surface area contributed by atoms with Crippen molar-refractivity contribution in [3.8, 4) is 0 Å². The van der Waals surface area contributed by atoms with Crippen molar-refractivity contribution in [1.29, 1.82) is 0 Å². The zero-order valence-electron chi connectivity index (χ0n) is 6.05. The van der Waals surface area contributed by atoms with Crippen molar-refractivity contribution >= 4 is 5.95 Å². The number of imidazole rings is 1. The molecule has 0 aliphatic heterocycles. The first-order chi connectivity index (χ1) is 4.25. The van der Waals surface area contributed by atoms with Crippen LogP contribution >= 0.6 is 0 Å². The molecule has 0 fully saturated rings. The summed E-state index contributed by atoms with van der Waals surface area (Å²) >= 11 is 0. The first-order valence-electron chi connectivity index (χ1n) is 2.94. The number of hydrogen-bond donors (Lipinski definition) is 1. The van der Waals surface area contributed by atoms with Gasteiger partial charge in [0, 0.05) is 0 Å². The molecule has 0 bridgehead atoms. The third kappa shape index (κ3) is 0.896. The van der Waals surface area contributed by atoms with Crippen LogP contribution in [0.3, 0.4) is 0 Å². The highest BCUT2D eigenvalue weighted by Crippen LogP contribution is 1.93. The molecule has 1 heterocycles. The summed E-state index contributed by atoms with van der Waals surface area (Å²) in [7, 11) is 5.92. The van der Waals surface area contributed by atoms with Crippen LogP contribution < -0.4 is 9.88 Å². The Morgan fingerprint density at radius 2 is 2.33 bits per heavy atom. The molecular formula is C6H12N3+. The Labute approximate surface area is 54.9 Å². The van der Waals surface area contributed by atoms with Gasteiger partial charge >= 0.3 is 5.95 Å². The van der Waals surface area contributed by atoms with Crippen LogP contribution in [-0.4, -0.2) is 11.6 Å². The maximum Gasteiger partial charge on any atom is 0.356 e. The van der Waals surface area contributed by atoms with Crippen LogP contribution in [0.1, 0.15) is 0 Å². The largest absolute Gasteiger partial charge is 0.356 e. The van der Waals surface area contributed by atoms with Crippen molar-refractivity contribution in [1.82, 2.24) is 4.57 Å². The third-order valence-electron chi connectivity index (χ3n) is 1.41. The van der Waals surface area contributed by atoms with Gasteiger partial charge in [-0.1, -0.05) is 0 Å². The van der Waals surface area contributed by atoms with Crippen molar-refractivity contribution < 1.29 is 4.57 Å². The van der Waals surface area contributed by atoms with Gasteiger partial charge in [-0.2, -0.15) is 0 Å². The van der Waals surface area contributed by atoms with Gasteiger partial charge in [0.15, 0.2) is 0 Å². The summed E-state index contributed by atoms with van der Waals surface area (Å²) < 4.78 is 4.06. The molecule has 0 aromatic carbocycles. The number of aryl methyl sites for hydroxylation is 2. The Balaban J connectivity index is 3.07. The second-order valence-electron chi connectivity index (χ2n) is 2.09. The van der Waals surface area contributed by atoms with Gasteiger partial charge < -0.3 is 0 Å². The number of rotatable bonds is 1. The molecule has 0 aliphatic rings. The van der Waals surface area contributed by atoms with E-state index in [1.54, 1.807) is 0 Å². The minimum absolute atomic E-state index is 1.11.